The van der Waals surface area contributed by atoms with Crippen LogP contribution in [0.3, 0.4) is 0 Å². The van der Waals surface area contributed by atoms with Gasteiger partial charge in [-0.2, -0.15) is 0 Å². The molecule has 0 amide bonds. The second-order valence-corrected chi connectivity index (χ2v) is 4.36. The minimum Gasteiger partial charge on any atom is -0.370 e. The molecule has 100 valence electrons. The Morgan fingerprint density at radius 3 is 2.47 bits per heavy atom. The highest BCUT2D eigenvalue weighted by molar-refractivity contribution is 5.46. The Morgan fingerprint density at radius 2 is 1.79 bits per heavy atom. The third-order valence-corrected chi connectivity index (χ3v) is 2.84. The number of hydrogen-bond acceptors (Lipinski definition) is 3. The van der Waals surface area contributed by atoms with E-state index in [1.165, 1.54) is 12.1 Å². The number of benzene rings is 1. The Bertz CT molecular complexity index is 525. The zero-order valence-electron chi connectivity index (χ0n) is 11.2. The Labute approximate surface area is 112 Å². The lowest BCUT2D eigenvalue weighted by Crippen LogP contribution is -2.09. The number of aromatic nitrogens is 1. The number of nitrogens with one attached hydrogen (secondary N) is 2. The van der Waals surface area contributed by atoms with Crippen LogP contribution in [-0.4, -0.2) is 11.5 Å². The molecule has 2 aromatic rings. The molecular formula is C15H18FN3. The monoisotopic (exact) mass is 259 g/mol. The van der Waals surface area contributed by atoms with Crippen LogP contribution < -0.4 is 10.6 Å². The molecule has 1 unspecified atom stereocenters. The first-order chi connectivity index (χ1) is 9.19. The van der Waals surface area contributed by atoms with E-state index in [2.05, 4.69) is 15.6 Å². The van der Waals surface area contributed by atoms with Crippen molar-refractivity contribution in [2.24, 2.45) is 0 Å². The van der Waals surface area contributed by atoms with Gasteiger partial charge in [-0.25, -0.2) is 9.37 Å². The molecule has 0 aliphatic heterocycles. The first-order valence-corrected chi connectivity index (χ1v) is 6.42. The van der Waals surface area contributed by atoms with Gasteiger partial charge in [0.2, 0.25) is 0 Å². The van der Waals surface area contributed by atoms with Crippen LogP contribution in [-0.2, 0) is 0 Å². The normalized spacial score (nSPS) is 11.9. The number of anilines is 2. The van der Waals surface area contributed by atoms with Crippen LogP contribution in [0, 0.1) is 5.82 Å². The van der Waals surface area contributed by atoms with E-state index in [0.29, 0.717) is 0 Å². The summed E-state index contributed by atoms with van der Waals surface area (Å²) in [6.45, 7) is 4.89. The molecule has 1 heterocycles. The van der Waals surface area contributed by atoms with E-state index in [-0.39, 0.29) is 11.9 Å². The molecule has 0 saturated heterocycles. The maximum absolute atomic E-state index is 12.9. The third-order valence-electron chi connectivity index (χ3n) is 2.84. The number of halogens is 1. The van der Waals surface area contributed by atoms with Crippen molar-refractivity contribution >= 4 is 11.6 Å². The molecule has 0 radical (unpaired) electrons. The minimum absolute atomic E-state index is 0.0741. The molecule has 1 atom stereocenters. The van der Waals surface area contributed by atoms with Gasteiger partial charge in [-0.05, 0) is 43.7 Å². The predicted octanol–water partition coefficient (Wildman–Crippen LogP) is 3.83. The zero-order chi connectivity index (χ0) is 13.7. The van der Waals surface area contributed by atoms with Crippen molar-refractivity contribution in [1.82, 2.24) is 4.98 Å². The maximum Gasteiger partial charge on any atom is 0.128 e. The number of hydrogen-bond donors (Lipinski definition) is 2. The smallest absolute Gasteiger partial charge is 0.128 e. The molecule has 0 spiro atoms. The fraction of sp³-hybridized carbons (Fsp3) is 0.267. The van der Waals surface area contributed by atoms with Crippen LogP contribution in [0.1, 0.15) is 25.5 Å². The molecule has 2 rings (SSSR count). The number of nitrogens with zero attached hydrogens (tertiary/aromatic N) is 1. The van der Waals surface area contributed by atoms with Gasteiger partial charge in [0.15, 0.2) is 0 Å². The Morgan fingerprint density at radius 1 is 1.11 bits per heavy atom. The summed E-state index contributed by atoms with van der Waals surface area (Å²) in [5.74, 6) is 1.43. The van der Waals surface area contributed by atoms with Gasteiger partial charge < -0.3 is 10.6 Å². The predicted molar refractivity (Wildman–Crippen MR) is 76.8 cm³/mol. The molecule has 2 N–H and O–H groups in total. The van der Waals surface area contributed by atoms with Crippen molar-refractivity contribution in [1.29, 1.82) is 0 Å². The largest absolute Gasteiger partial charge is 0.370 e. The third kappa shape index (κ3) is 3.68. The first kappa shape index (κ1) is 13.3. The summed E-state index contributed by atoms with van der Waals surface area (Å²) in [6.07, 6.45) is 0. The lowest BCUT2D eigenvalue weighted by Gasteiger charge is -2.15. The summed E-state index contributed by atoms with van der Waals surface area (Å²) >= 11 is 0. The standard InChI is InChI=1S/C15H18FN3/c1-3-17-14-5-4-6-15(19-14)18-11(2)12-7-9-13(16)10-8-12/h4-11H,3H2,1-2H3,(H2,17,18,19). The second kappa shape index (κ2) is 6.18. The molecular weight excluding hydrogens is 241 g/mol. The minimum atomic E-state index is -0.219. The Balaban J connectivity index is 2.07. The summed E-state index contributed by atoms with van der Waals surface area (Å²) < 4.78 is 12.9. The highest BCUT2D eigenvalue weighted by atomic mass is 19.1. The molecule has 0 saturated carbocycles. The van der Waals surface area contributed by atoms with Gasteiger partial charge in [-0.15, -0.1) is 0 Å². The fourth-order valence-corrected chi connectivity index (χ4v) is 1.85. The fourth-order valence-electron chi connectivity index (χ4n) is 1.85. The Kier molecular flexibility index (Phi) is 4.34. The van der Waals surface area contributed by atoms with Crippen LogP contribution in [0.25, 0.3) is 0 Å². The van der Waals surface area contributed by atoms with Crippen molar-refractivity contribution in [2.75, 3.05) is 17.2 Å². The van der Waals surface area contributed by atoms with E-state index in [4.69, 9.17) is 0 Å². The van der Waals surface area contributed by atoms with Crippen LogP contribution in [0.15, 0.2) is 42.5 Å². The summed E-state index contributed by atoms with van der Waals surface area (Å²) in [4.78, 5) is 4.45. The van der Waals surface area contributed by atoms with Gasteiger partial charge in [0.25, 0.3) is 0 Å². The van der Waals surface area contributed by atoms with Gasteiger partial charge in [0.1, 0.15) is 17.5 Å². The molecule has 1 aromatic heterocycles. The quantitative estimate of drug-likeness (QED) is 0.857. The first-order valence-electron chi connectivity index (χ1n) is 6.42. The lowest BCUT2D eigenvalue weighted by atomic mass is 10.1. The van der Waals surface area contributed by atoms with E-state index in [1.807, 2.05) is 32.0 Å². The highest BCUT2D eigenvalue weighted by Gasteiger charge is 2.06. The van der Waals surface area contributed by atoms with Crippen molar-refractivity contribution in [3.63, 3.8) is 0 Å². The lowest BCUT2D eigenvalue weighted by molar-refractivity contribution is 0.626. The van der Waals surface area contributed by atoms with Crippen LogP contribution >= 0.6 is 0 Å². The molecule has 0 fully saturated rings. The van der Waals surface area contributed by atoms with Crippen molar-refractivity contribution < 1.29 is 4.39 Å². The van der Waals surface area contributed by atoms with Gasteiger partial charge in [0.05, 0.1) is 0 Å². The van der Waals surface area contributed by atoms with E-state index in [9.17, 15) is 4.39 Å². The summed E-state index contributed by atoms with van der Waals surface area (Å²) in [7, 11) is 0. The molecule has 0 aliphatic rings. The summed E-state index contributed by atoms with van der Waals surface area (Å²) in [5.41, 5.74) is 1.03. The average Bonchev–Trinajstić information content (AvgIpc) is 2.40. The topological polar surface area (TPSA) is 37.0 Å². The number of rotatable bonds is 5. The van der Waals surface area contributed by atoms with Crippen LogP contribution in [0.4, 0.5) is 16.0 Å². The Hall–Kier alpha value is -2.10. The summed E-state index contributed by atoms with van der Waals surface area (Å²) in [5, 5.41) is 6.47. The maximum atomic E-state index is 12.9. The van der Waals surface area contributed by atoms with E-state index < -0.39 is 0 Å². The van der Waals surface area contributed by atoms with E-state index in [0.717, 1.165) is 23.7 Å². The molecule has 4 heteroatoms. The average molecular weight is 259 g/mol. The molecule has 0 bridgehead atoms. The van der Waals surface area contributed by atoms with E-state index >= 15 is 0 Å². The van der Waals surface area contributed by atoms with Gasteiger partial charge in [-0.3, -0.25) is 0 Å². The van der Waals surface area contributed by atoms with Gasteiger partial charge in [-0.1, -0.05) is 18.2 Å². The summed E-state index contributed by atoms with van der Waals surface area (Å²) in [6, 6.07) is 12.4. The van der Waals surface area contributed by atoms with Crippen molar-refractivity contribution in [3.8, 4) is 0 Å². The molecule has 0 aliphatic carbocycles. The molecule has 19 heavy (non-hydrogen) atoms. The van der Waals surface area contributed by atoms with Gasteiger partial charge >= 0.3 is 0 Å². The van der Waals surface area contributed by atoms with Crippen molar-refractivity contribution in [2.45, 2.75) is 19.9 Å². The number of pyridine rings is 1. The van der Waals surface area contributed by atoms with Crippen molar-refractivity contribution in [3.05, 3.63) is 53.8 Å². The zero-order valence-corrected chi connectivity index (χ0v) is 11.2. The van der Waals surface area contributed by atoms with E-state index in [1.54, 1.807) is 12.1 Å². The molecule has 1 aromatic carbocycles. The second-order valence-electron chi connectivity index (χ2n) is 4.36. The van der Waals surface area contributed by atoms with Gasteiger partial charge in [0, 0.05) is 12.6 Å². The van der Waals surface area contributed by atoms with Crippen LogP contribution in [0.5, 0.6) is 0 Å². The van der Waals surface area contributed by atoms with Crippen LogP contribution in [0.2, 0.25) is 0 Å². The SMILES string of the molecule is CCNc1cccc(NC(C)c2ccc(F)cc2)n1. The highest BCUT2D eigenvalue weighted by Crippen LogP contribution is 2.19. The molecule has 3 nitrogen and oxygen atoms in total.